The lowest BCUT2D eigenvalue weighted by molar-refractivity contribution is 0.321. The van der Waals surface area contributed by atoms with Gasteiger partial charge in [0.2, 0.25) is 0 Å². The third-order valence-electron chi connectivity index (χ3n) is 2.79. The Hall–Kier alpha value is -1.66. The fourth-order valence-corrected chi connectivity index (χ4v) is 3.43. The van der Waals surface area contributed by atoms with Crippen molar-refractivity contribution in [1.29, 1.82) is 0 Å². The second kappa shape index (κ2) is 5.14. The number of anilines is 1. The molecule has 98 valence electrons. The van der Waals surface area contributed by atoms with E-state index in [1.807, 2.05) is 30.6 Å². The number of rotatable bonds is 4. The van der Waals surface area contributed by atoms with Crippen LogP contribution in [0.2, 0.25) is 0 Å². The van der Waals surface area contributed by atoms with Crippen LogP contribution in [0.1, 0.15) is 10.6 Å². The highest BCUT2D eigenvalue weighted by molar-refractivity contribution is 7.20. The van der Waals surface area contributed by atoms with E-state index in [0.717, 1.165) is 28.0 Å². The van der Waals surface area contributed by atoms with Gasteiger partial charge < -0.3 is 10.5 Å². The van der Waals surface area contributed by atoms with Gasteiger partial charge in [0.1, 0.15) is 0 Å². The van der Waals surface area contributed by atoms with Gasteiger partial charge in [-0.15, -0.1) is 11.3 Å². The van der Waals surface area contributed by atoms with E-state index in [1.165, 1.54) is 16.2 Å². The molecule has 0 spiro atoms. The summed E-state index contributed by atoms with van der Waals surface area (Å²) in [5, 5.41) is 0.697. The third-order valence-corrected chi connectivity index (χ3v) is 4.72. The van der Waals surface area contributed by atoms with Gasteiger partial charge in [0.25, 0.3) is 5.19 Å². The molecule has 0 bridgehead atoms. The monoisotopic (exact) mass is 291 g/mol. The molecule has 0 atom stereocenters. The molecule has 6 heteroatoms. The number of fused-ring (bicyclic) bond motifs is 1. The molecule has 2 heterocycles. The molecular weight excluding hydrogens is 278 g/mol. The zero-order valence-electron chi connectivity index (χ0n) is 10.4. The summed E-state index contributed by atoms with van der Waals surface area (Å²) in [6, 6.07) is 5.70. The van der Waals surface area contributed by atoms with E-state index in [1.54, 1.807) is 11.3 Å². The molecule has 19 heavy (non-hydrogen) atoms. The van der Waals surface area contributed by atoms with Crippen molar-refractivity contribution >= 4 is 38.6 Å². The molecule has 0 aliphatic rings. The maximum Gasteiger partial charge on any atom is 0.274 e. The zero-order valence-corrected chi connectivity index (χ0v) is 12.1. The standard InChI is InChI=1S/C13H13N3OS2/c1-8-11(18-7-15-8)4-5-17-13-16-10-3-2-9(14)6-12(10)19-13/h2-3,6-7H,4-5,14H2,1H3. The number of nitrogen functional groups attached to an aromatic ring is 1. The topological polar surface area (TPSA) is 61.0 Å². The average molecular weight is 291 g/mol. The lowest BCUT2D eigenvalue weighted by Gasteiger charge is -2.00. The van der Waals surface area contributed by atoms with E-state index in [2.05, 4.69) is 9.97 Å². The van der Waals surface area contributed by atoms with E-state index in [-0.39, 0.29) is 0 Å². The molecule has 0 fully saturated rings. The number of ether oxygens (including phenoxy) is 1. The quantitative estimate of drug-likeness (QED) is 0.749. The number of nitrogens with two attached hydrogens (primary N) is 1. The van der Waals surface area contributed by atoms with Crippen molar-refractivity contribution in [3.05, 3.63) is 34.3 Å². The smallest absolute Gasteiger partial charge is 0.274 e. The van der Waals surface area contributed by atoms with Gasteiger partial charge in [-0.1, -0.05) is 11.3 Å². The highest BCUT2D eigenvalue weighted by Crippen LogP contribution is 2.29. The molecule has 2 N–H and O–H groups in total. The van der Waals surface area contributed by atoms with Crippen LogP contribution in [-0.2, 0) is 6.42 Å². The number of aromatic nitrogens is 2. The van der Waals surface area contributed by atoms with Crippen molar-refractivity contribution in [2.45, 2.75) is 13.3 Å². The van der Waals surface area contributed by atoms with Crippen molar-refractivity contribution in [1.82, 2.24) is 9.97 Å². The Labute approximate surface area is 118 Å². The number of nitrogens with zero attached hydrogens (tertiary/aromatic N) is 2. The lowest BCUT2D eigenvalue weighted by atomic mass is 10.3. The Kier molecular flexibility index (Phi) is 3.35. The van der Waals surface area contributed by atoms with Gasteiger partial charge in [-0.05, 0) is 25.1 Å². The Bertz CT molecular complexity index is 705. The SMILES string of the molecule is Cc1ncsc1CCOc1nc2ccc(N)cc2s1. The summed E-state index contributed by atoms with van der Waals surface area (Å²) in [5.41, 5.74) is 10.4. The number of thiazole rings is 2. The molecule has 0 aliphatic heterocycles. The second-order valence-electron chi connectivity index (χ2n) is 4.17. The van der Waals surface area contributed by atoms with Crippen LogP contribution in [0.5, 0.6) is 5.19 Å². The van der Waals surface area contributed by atoms with Gasteiger partial charge in [-0.3, -0.25) is 0 Å². The van der Waals surface area contributed by atoms with Crippen molar-refractivity contribution in [2.75, 3.05) is 12.3 Å². The van der Waals surface area contributed by atoms with Crippen LogP contribution < -0.4 is 10.5 Å². The van der Waals surface area contributed by atoms with Gasteiger partial charge in [0.15, 0.2) is 0 Å². The summed E-state index contributed by atoms with van der Waals surface area (Å²) in [6.07, 6.45) is 0.870. The van der Waals surface area contributed by atoms with E-state index in [4.69, 9.17) is 10.5 Å². The van der Waals surface area contributed by atoms with Gasteiger partial charge in [-0.2, -0.15) is 0 Å². The molecule has 4 nitrogen and oxygen atoms in total. The first-order valence-corrected chi connectivity index (χ1v) is 7.60. The molecular formula is C13H13N3OS2. The van der Waals surface area contributed by atoms with Crippen molar-refractivity contribution in [2.24, 2.45) is 0 Å². The number of hydrogen-bond acceptors (Lipinski definition) is 6. The predicted octanol–water partition coefficient (Wildman–Crippen LogP) is 3.26. The third kappa shape index (κ3) is 2.69. The van der Waals surface area contributed by atoms with Gasteiger partial charge in [0.05, 0.1) is 28.0 Å². The Morgan fingerprint density at radius 3 is 3.05 bits per heavy atom. The fraction of sp³-hybridized carbons (Fsp3) is 0.231. The minimum absolute atomic E-state index is 0.623. The van der Waals surface area contributed by atoms with Gasteiger partial charge in [-0.25, -0.2) is 9.97 Å². The van der Waals surface area contributed by atoms with Crippen molar-refractivity contribution in [3.8, 4) is 5.19 Å². The normalized spacial score (nSPS) is 11.0. The minimum atomic E-state index is 0.623. The van der Waals surface area contributed by atoms with E-state index < -0.39 is 0 Å². The summed E-state index contributed by atoms with van der Waals surface area (Å²) in [5.74, 6) is 0. The first-order chi connectivity index (χ1) is 9.22. The molecule has 3 aromatic rings. The number of aryl methyl sites for hydroxylation is 1. The second-order valence-corrected chi connectivity index (χ2v) is 6.10. The first kappa shape index (κ1) is 12.4. The molecule has 1 aromatic carbocycles. The van der Waals surface area contributed by atoms with Crippen LogP contribution in [-0.4, -0.2) is 16.6 Å². The van der Waals surface area contributed by atoms with Crippen LogP contribution in [0, 0.1) is 6.92 Å². The van der Waals surface area contributed by atoms with E-state index in [0.29, 0.717) is 11.8 Å². The Balaban J connectivity index is 1.67. The summed E-state index contributed by atoms with van der Waals surface area (Å²) in [4.78, 5) is 9.92. The molecule has 0 saturated carbocycles. The highest BCUT2D eigenvalue weighted by atomic mass is 32.1. The highest BCUT2D eigenvalue weighted by Gasteiger charge is 2.06. The Morgan fingerprint density at radius 2 is 2.26 bits per heavy atom. The largest absolute Gasteiger partial charge is 0.470 e. The summed E-state index contributed by atoms with van der Waals surface area (Å²) < 4.78 is 6.76. The van der Waals surface area contributed by atoms with Crippen LogP contribution in [0.3, 0.4) is 0 Å². The molecule has 0 aliphatic carbocycles. The fourth-order valence-electron chi connectivity index (χ4n) is 1.78. The minimum Gasteiger partial charge on any atom is -0.470 e. The van der Waals surface area contributed by atoms with Crippen LogP contribution in [0.25, 0.3) is 10.2 Å². The molecule has 3 rings (SSSR count). The van der Waals surface area contributed by atoms with E-state index in [9.17, 15) is 0 Å². The molecule has 0 unspecified atom stereocenters. The maximum absolute atomic E-state index is 5.75. The zero-order chi connectivity index (χ0) is 13.2. The molecule has 0 radical (unpaired) electrons. The van der Waals surface area contributed by atoms with E-state index >= 15 is 0 Å². The first-order valence-electron chi connectivity index (χ1n) is 5.90. The van der Waals surface area contributed by atoms with Crippen molar-refractivity contribution in [3.63, 3.8) is 0 Å². The predicted molar refractivity (Wildman–Crippen MR) is 80.1 cm³/mol. The summed E-state index contributed by atoms with van der Waals surface area (Å²) in [6.45, 7) is 2.64. The lowest BCUT2D eigenvalue weighted by Crippen LogP contribution is -2.00. The average Bonchev–Trinajstić information content (AvgIpc) is 2.95. The van der Waals surface area contributed by atoms with Gasteiger partial charge in [0, 0.05) is 17.0 Å². The Morgan fingerprint density at radius 1 is 1.37 bits per heavy atom. The van der Waals surface area contributed by atoms with Crippen LogP contribution in [0.4, 0.5) is 5.69 Å². The molecule has 0 saturated heterocycles. The molecule has 0 amide bonds. The maximum atomic E-state index is 5.75. The summed E-state index contributed by atoms with van der Waals surface area (Å²) in [7, 11) is 0. The van der Waals surface area contributed by atoms with Crippen LogP contribution >= 0.6 is 22.7 Å². The number of hydrogen-bond donors (Lipinski definition) is 1. The van der Waals surface area contributed by atoms with Crippen molar-refractivity contribution < 1.29 is 4.74 Å². The summed E-state index contributed by atoms with van der Waals surface area (Å²) >= 11 is 3.19. The number of benzene rings is 1. The van der Waals surface area contributed by atoms with Crippen LogP contribution in [0.15, 0.2) is 23.7 Å². The van der Waals surface area contributed by atoms with Gasteiger partial charge >= 0.3 is 0 Å². The molecule has 2 aromatic heterocycles.